The fourth-order valence-corrected chi connectivity index (χ4v) is 3.38. The van der Waals surface area contributed by atoms with Gasteiger partial charge in [0.15, 0.2) is 0 Å². The van der Waals surface area contributed by atoms with Crippen molar-refractivity contribution < 1.29 is 4.79 Å². The predicted molar refractivity (Wildman–Crippen MR) is 108 cm³/mol. The standard InChI is InChI=1S/C21H28N4O/c1-24(2)20-12-6-5-11-19(20)23-21(26)22-15-17-9-3-4-10-18(17)16-25-13-7-8-14-25/h3-6,9-12H,7-8,13-16H2,1-2H3,(H2,22,23,26). The number of anilines is 2. The molecule has 1 aliphatic heterocycles. The van der Waals surface area contributed by atoms with Crippen LogP contribution >= 0.6 is 0 Å². The summed E-state index contributed by atoms with van der Waals surface area (Å²) in [6.07, 6.45) is 2.57. The molecular weight excluding hydrogens is 324 g/mol. The number of urea groups is 1. The minimum atomic E-state index is -0.185. The molecule has 0 unspecified atom stereocenters. The highest BCUT2D eigenvalue weighted by atomic mass is 16.2. The first kappa shape index (κ1) is 18.3. The minimum absolute atomic E-state index is 0.185. The first-order valence-electron chi connectivity index (χ1n) is 9.24. The van der Waals surface area contributed by atoms with Crippen molar-refractivity contribution >= 4 is 17.4 Å². The van der Waals surface area contributed by atoms with E-state index in [2.05, 4.69) is 33.7 Å². The van der Waals surface area contributed by atoms with Gasteiger partial charge >= 0.3 is 6.03 Å². The molecule has 0 saturated carbocycles. The summed E-state index contributed by atoms with van der Waals surface area (Å²) in [6.45, 7) is 3.83. The molecule has 0 spiro atoms. The Hall–Kier alpha value is -2.53. The summed E-state index contributed by atoms with van der Waals surface area (Å²) < 4.78 is 0. The van der Waals surface area contributed by atoms with Crippen molar-refractivity contribution in [2.75, 3.05) is 37.4 Å². The Morgan fingerprint density at radius 3 is 2.38 bits per heavy atom. The van der Waals surface area contributed by atoms with E-state index in [-0.39, 0.29) is 6.03 Å². The zero-order valence-corrected chi connectivity index (χ0v) is 15.7. The topological polar surface area (TPSA) is 47.6 Å². The largest absolute Gasteiger partial charge is 0.376 e. The molecule has 1 fully saturated rings. The molecule has 0 bridgehead atoms. The number of hydrogen-bond acceptors (Lipinski definition) is 3. The van der Waals surface area contributed by atoms with Crippen LogP contribution in [0.4, 0.5) is 16.2 Å². The van der Waals surface area contributed by atoms with Gasteiger partial charge < -0.3 is 15.5 Å². The molecule has 2 aromatic rings. The number of nitrogens with zero attached hydrogens (tertiary/aromatic N) is 2. The van der Waals surface area contributed by atoms with E-state index >= 15 is 0 Å². The SMILES string of the molecule is CN(C)c1ccccc1NC(=O)NCc1ccccc1CN1CCCC1. The monoisotopic (exact) mass is 352 g/mol. The molecule has 3 rings (SSSR count). The zero-order chi connectivity index (χ0) is 18.4. The van der Waals surface area contributed by atoms with Gasteiger partial charge in [0, 0.05) is 27.2 Å². The Morgan fingerprint density at radius 2 is 1.65 bits per heavy atom. The lowest BCUT2D eigenvalue weighted by Gasteiger charge is -2.19. The molecule has 5 nitrogen and oxygen atoms in total. The highest BCUT2D eigenvalue weighted by Crippen LogP contribution is 2.23. The van der Waals surface area contributed by atoms with Crippen LogP contribution in [-0.2, 0) is 13.1 Å². The molecule has 1 saturated heterocycles. The van der Waals surface area contributed by atoms with Crippen molar-refractivity contribution in [1.29, 1.82) is 0 Å². The molecule has 26 heavy (non-hydrogen) atoms. The van der Waals surface area contributed by atoms with Crippen LogP contribution in [-0.4, -0.2) is 38.1 Å². The first-order chi connectivity index (χ1) is 12.6. The molecule has 1 heterocycles. The van der Waals surface area contributed by atoms with Crippen molar-refractivity contribution in [3.05, 3.63) is 59.7 Å². The molecule has 2 N–H and O–H groups in total. The summed E-state index contributed by atoms with van der Waals surface area (Å²) in [7, 11) is 3.93. The number of nitrogens with one attached hydrogen (secondary N) is 2. The minimum Gasteiger partial charge on any atom is -0.376 e. The van der Waals surface area contributed by atoms with Gasteiger partial charge in [-0.25, -0.2) is 4.79 Å². The van der Waals surface area contributed by atoms with E-state index in [0.717, 1.165) is 17.9 Å². The van der Waals surface area contributed by atoms with Crippen LogP contribution in [0.3, 0.4) is 0 Å². The number of benzene rings is 2. The molecule has 0 aromatic heterocycles. The van der Waals surface area contributed by atoms with E-state index in [0.29, 0.717) is 6.54 Å². The van der Waals surface area contributed by atoms with Gasteiger partial charge in [-0.2, -0.15) is 0 Å². The van der Waals surface area contributed by atoms with Gasteiger partial charge in [-0.15, -0.1) is 0 Å². The summed E-state index contributed by atoms with van der Waals surface area (Å²) in [4.78, 5) is 16.8. The van der Waals surface area contributed by atoms with Gasteiger partial charge in [0.2, 0.25) is 0 Å². The van der Waals surface area contributed by atoms with Crippen molar-refractivity contribution in [1.82, 2.24) is 10.2 Å². The normalized spacial score (nSPS) is 14.2. The van der Waals surface area contributed by atoms with Crippen LogP contribution in [0.2, 0.25) is 0 Å². The molecule has 2 aromatic carbocycles. The highest BCUT2D eigenvalue weighted by molar-refractivity contribution is 5.93. The smallest absolute Gasteiger partial charge is 0.319 e. The second-order valence-electron chi connectivity index (χ2n) is 6.97. The molecule has 5 heteroatoms. The summed E-state index contributed by atoms with van der Waals surface area (Å²) in [6, 6.07) is 16.0. The molecule has 1 aliphatic rings. The Balaban J connectivity index is 1.60. The van der Waals surface area contributed by atoms with Crippen molar-refractivity contribution in [2.24, 2.45) is 0 Å². The Bertz CT molecular complexity index is 738. The number of rotatable bonds is 6. The average molecular weight is 352 g/mol. The average Bonchev–Trinajstić information content (AvgIpc) is 3.14. The Kier molecular flexibility index (Phi) is 6.12. The van der Waals surface area contributed by atoms with Crippen LogP contribution in [0.1, 0.15) is 24.0 Å². The maximum atomic E-state index is 12.4. The predicted octanol–water partition coefficient (Wildman–Crippen LogP) is 3.67. The van der Waals surface area contributed by atoms with E-state index in [4.69, 9.17) is 0 Å². The van der Waals surface area contributed by atoms with Gasteiger partial charge in [-0.05, 0) is 49.2 Å². The molecule has 2 amide bonds. The fourth-order valence-electron chi connectivity index (χ4n) is 3.38. The van der Waals surface area contributed by atoms with Crippen molar-refractivity contribution in [2.45, 2.75) is 25.9 Å². The molecule has 0 atom stereocenters. The van der Waals surface area contributed by atoms with Crippen LogP contribution in [0.5, 0.6) is 0 Å². The second kappa shape index (κ2) is 8.72. The lowest BCUT2D eigenvalue weighted by molar-refractivity contribution is 0.251. The van der Waals surface area contributed by atoms with E-state index < -0.39 is 0 Å². The number of amides is 2. The van der Waals surface area contributed by atoms with Gasteiger partial charge in [-0.3, -0.25) is 4.90 Å². The highest BCUT2D eigenvalue weighted by Gasteiger charge is 2.14. The summed E-state index contributed by atoms with van der Waals surface area (Å²) >= 11 is 0. The van der Waals surface area contributed by atoms with Crippen molar-refractivity contribution in [3.63, 3.8) is 0 Å². The summed E-state index contributed by atoms with van der Waals surface area (Å²) in [5, 5.41) is 5.94. The van der Waals surface area contributed by atoms with E-state index in [1.165, 1.54) is 37.1 Å². The fraction of sp³-hybridized carbons (Fsp3) is 0.381. The third-order valence-electron chi connectivity index (χ3n) is 4.78. The number of hydrogen-bond donors (Lipinski definition) is 2. The summed E-state index contributed by atoms with van der Waals surface area (Å²) in [5.41, 5.74) is 4.26. The van der Waals surface area contributed by atoms with Crippen LogP contribution < -0.4 is 15.5 Å². The number of carbonyl (C=O) groups is 1. The van der Waals surface area contributed by atoms with Crippen molar-refractivity contribution in [3.8, 4) is 0 Å². The molecular formula is C21H28N4O. The molecule has 0 aliphatic carbocycles. The Morgan fingerprint density at radius 1 is 1.00 bits per heavy atom. The number of para-hydroxylation sites is 2. The second-order valence-corrected chi connectivity index (χ2v) is 6.97. The maximum absolute atomic E-state index is 12.4. The first-order valence-corrected chi connectivity index (χ1v) is 9.24. The maximum Gasteiger partial charge on any atom is 0.319 e. The van der Waals surface area contributed by atoms with Gasteiger partial charge in [0.25, 0.3) is 0 Å². The van der Waals surface area contributed by atoms with Gasteiger partial charge in [0.1, 0.15) is 0 Å². The van der Waals surface area contributed by atoms with E-state index in [1.807, 2.05) is 49.3 Å². The lowest BCUT2D eigenvalue weighted by atomic mass is 10.1. The zero-order valence-electron chi connectivity index (χ0n) is 15.7. The summed E-state index contributed by atoms with van der Waals surface area (Å²) in [5.74, 6) is 0. The Labute approximate surface area is 156 Å². The third kappa shape index (κ3) is 4.76. The molecule has 138 valence electrons. The number of carbonyl (C=O) groups excluding carboxylic acids is 1. The number of likely N-dealkylation sites (tertiary alicyclic amines) is 1. The van der Waals surface area contributed by atoms with Gasteiger partial charge in [0.05, 0.1) is 11.4 Å². The molecule has 0 radical (unpaired) electrons. The van der Waals surface area contributed by atoms with E-state index in [9.17, 15) is 4.79 Å². The quantitative estimate of drug-likeness (QED) is 0.834. The van der Waals surface area contributed by atoms with E-state index in [1.54, 1.807) is 0 Å². The van der Waals surface area contributed by atoms with Gasteiger partial charge in [-0.1, -0.05) is 36.4 Å². The lowest BCUT2D eigenvalue weighted by Crippen LogP contribution is -2.29. The van der Waals surface area contributed by atoms with Crippen LogP contribution in [0, 0.1) is 0 Å². The van der Waals surface area contributed by atoms with Crippen LogP contribution in [0.25, 0.3) is 0 Å². The third-order valence-corrected chi connectivity index (χ3v) is 4.78. The van der Waals surface area contributed by atoms with Crippen LogP contribution in [0.15, 0.2) is 48.5 Å².